The lowest BCUT2D eigenvalue weighted by molar-refractivity contribution is -0.134. The molecule has 1 aromatic heterocycles. The summed E-state index contributed by atoms with van der Waals surface area (Å²) < 4.78 is 13.8. The average Bonchev–Trinajstić information content (AvgIpc) is 2.39. The summed E-state index contributed by atoms with van der Waals surface area (Å²) >= 11 is 0. The number of carbonyl (C=O) groups excluding carboxylic acids is 2. The van der Waals surface area contributed by atoms with Crippen LogP contribution in [-0.2, 0) is 9.59 Å². The molecule has 0 bridgehead atoms. The van der Waals surface area contributed by atoms with Gasteiger partial charge in [0.15, 0.2) is 0 Å². The number of rotatable bonds is 1. The molecule has 4 nitrogen and oxygen atoms in total. The zero-order valence-electron chi connectivity index (χ0n) is 10.9. The van der Waals surface area contributed by atoms with Gasteiger partial charge in [-0.15, -0.1) is 0 Å². The molecule has 1 saturated heterocycles. The minimum absolute atomic E-state index is 0.260. The predicted octanol–water partition coefficient (Wildman–Crippen LogP) is 2.20. The number of pyridine rings is 1. The summed E-state index contributed by atoms with van der Waals surface area (Å²) in [5.41, 5.74) is 1.95. The van der Waals surface area contributed by atoms with Gasteiger partial charge in [-0.2, -0.15) is 0 Å². The van der Waals surface area contributed by atoms with E-state index in [1.54, 1.807) is 25.1 Å². The molecule has 1 atom stereocenters. The highest BCUT2D eigenvalue weighted by Crippen LogP contribution is 2.29. The quantitative estimate of drug-likeness (QED) is 0.810. The van der Waals surface area contributed by atoms with Crippen molar-refractivity contribution in [3.63, 3.8) is 0 Å². The maximum Gasteiger partial charge on any atom is 0.234 e. The molecule has 2 heterocycles. The van der Waals surface area contributed by atoms with E-state index in [1.807, 2.05) is 0 Å². The zero-order valence-corrected chi connectivity index (χ0v) is 10.9. The van der Waals surface area contributed by atoms with E-state index in [9.17, 15) is 14.0 Å². The van der Waals surface area contributed by atoms with Crippen molar-refractivity contribution in [3.05, 3.63) is 41.3 Å². The molecule has 1 aliphatic rings. The van der Waals surface area contributed by atoms with Crippen molar-refractivity contribution in [2.75, 3.05) is 0 Å². The number of aryl methyl sites for hydroxylation is 1. The van der Waals surface area contributed by atoms with Crippen LogP contribution in [0.4, 0.5) is 4.39 Å². The normalized spacial score (nSPS) is 19.2. The summed E-state index contributed by atoms with van der Waals surface area (Å²) in [6, 6.07) is 6.38. The molecule has 5 heteroatoms. The molecule has 1 aromatic carbocycles. The van der Waals surface area contributed by atoms with Crippen LogP contribution in [-0.4, -0.2) is 16.8 Å². The standard InChI is InChI=1S/C15H13FN2O2/c1-8-10(9-5-6-14(19)18-15(9)20)7-11-12(16)3-2-4-13(11)17-8/h2-4,7,9H,5-6H2,1H3,(H,18,19,20). The molecule has 102 valence electrons. The molecule has 20 heavy (non-hydrogen) atoms. The van der Waals surface area contributed by atoms with Gasteiger partial charge >= 0.3 is 0 Å². The number of aromatic nitrogens is 1. The van der Waals surface area contributed by atoms with Gasteiger partial charge in [-0.05, 0) is 37.1 Å². The Hall–Kier alpha value is -2.30. The second-order valence-corrected chi connectivity index (χ2v) is 4.97. The molecule has 1 unspecified atom stereocenters. The Morgan fingerprint density at radius 2 is 2.15 bits per heavy atom. The van der Waals surface area contributed by atoms with Gasteiger partial charge < -0.3 is 0 Å². The first-order chi connectivity index (χ1) is 9.56. The van der Waals surface area contributed by atoms with E-state index in [2.05, 4.69) is 10.3 Å². The molecule has 2 aromatic rings. The molecule has 0 spiro atoms. The number of nitrogens with zero attached hydrogens (tertiary/aromatic N) is 1. The van der Waals surface area contributed by atoms with Crippen molar-refractivity contribution in [3.8, 4) is 0 Å². The van der Waals surface area contributed by atoms with Gasteiger partial charge in [0.2, 0.25) is 11.8 Å². The van der Waals surface area contributed by atoms with Crippen molar-refractivity contribution in [2.24, 2.45) is 0 Å². The molecular weight excluding hydrogens is 259 g/mol. The number of hydrogen-bond donors (Lipinski definition) is 1. The first-order valence-corrected chi connectivity index (χ1v) is 6.45. The number of nitrogens with one attached hydrogen (secondary N) is 1. The smallest absolute Gasteiger partial charge is 0.234 e. The van der Waals surface area contributed by atoms with E-state index >= 15 is 0 Å². The highest BCUT2D eigenvalue weighted by molar-refractivity contribution is 6.01. The molecule has 3 rings (SSSR count). The summed E-state index contributed by atoms with van der Waals surface area (Å²) in [6.07, 6.45) is 0.734. The lowest BCUT2D eigenvalue weighted by atomic mass is 9.89. The van der Waals surface area contributed by atoms with Gasteiger partial charge in [-0.1, -0.05) is 6.07 Å². The number of halogens is 1. The second kappa shape index (κ2) is 4.67. The molecule has 1 fully saturated rings. The van der Waals surface area contributed by atoms with E-state index in [1.165, 1.54) is 6.07 Å². The second-order valence-electron chi connectivity index (χ2n) is 4.97. The number of benzene rings is 1. The minimum atomic E-state index is -0.441. The fraction of sp³-hybridized carbons (Fsp3) is 0.267. The maximum absolute atomic E-state index is 13.8. The Morgan fingerprint density at radius 1 is 1.35 bits per heavy atom. The summed E-state index contributed by atoms with van der Waals surface area (Å²) in [6.45, 7) is 1.80. The van der Waals surface area contributed by atoms with Crippen LogP contribution >= 0.6 is 0 Å². The zero-order chi connectivity index (χ0) is 14.3. The van der Waals surface area contributed by atoms with Crippen LogP contribution in [0.15, 0.2) is 24.3 Å². The number of imide groups is 1. The highest BCUT2D eigenvalue weighted by atomic mass is 19.1. The van der Waals surface area contributed by atoms with Gasteiger partial charge in [-0.3, -0.25) is 19.9 Å². The third-order valence-electron chi connectivity index (χ3n) is 3.65. The Kier molecular flexibility index (Phi) is 2.97. The van der Waals surface area contributed by atoms with Gasteiger partial charge in [-0.25, -0.2) is 4.39 Å². The predicted molar refractivity (Wildman–Crippen MR) is 71.6 cm³/mol. The fourth-order valence-corrected chi connectivity index (χ4v) is 2.61. The summed E-state index contributed by atoms with van der Waals surface area (Å²) in [5.74, 6) is -1.39. The highest BCUT2D eigenvalue weighted by Gasteiger charge is 2.29. The van der Waals surface area contributed by atoms with Crippen LogP contribution in [0.5, 0.6) is 0 Å². The molecule has 0 saturated carbocycles. The molecule has 1 N–H and O–H groups in total. The number of hydrogen-bond acceptors (Lipinski definition) is 3. The number of piperidine rings is 1. The molecule has 0 aliphatic carbocycles. The largest absolute Gasteiger partial charge is 0.296 e. The lowest BCUT2D eigenvalue weighted by Gasteiger charge is -2.22. The van der Waals surface area contributed by atoms with Crippen molar-refractivity contribution in [1.29, 1.82) is 0 Å². The molecule has 2 amide bonds. The van der Waals surface area contributed by atoms with E-state index < -0.39 is 5.92 Å². The van der Waals surface area contributed by atoms with Gasteiger partial charge in [0.25, 0.3) is 0 Å². The van der Waals surface area contributed by atoms with Crippen LogP contribution in [0.1, 0.15) is 30.0 Å². The van der Waals surface area contributed by atoms with E-state index in [4.69, 9.17) is 0 Å². The van der Waals surface area contributed by atoms with Crippen LogP contribution in [0.25, 0.3) is 10.9 Å². The van der Waals surface area contributed by atoms with Crippen molar-refractivity contribution >= 4 is 22.7 Å². The lowest BCUT2D eigenvalue weighted by Crippen LogP contribution is -2.39. The van der Waals surface area contributed by atoms with E-state index in [0.717, 1.165) is 0 Å². The minimum Gasteiger partial charge on any atom is -0.296 e. The SMILES string of the molecule is Cc1nc2cccc(F)c2cc1C1CCC(=O)NC1=O. The monoisotopic (exact) mass is 272 g/mol. The third-order valence-corrected chi connectivity index (χ3v) is 3.65. The molecular formula is C15H13FN2O2. The first-order valence-electron chi connectivity index (χ1n) is 6.45. The molecule has 0 radical (unpaired) electrons. The van der Waals surface area contributed by atoms with Crippen molar-refractivity contribution in [1.82, 2.24) is 10.3 Å². The maximum atomic E-state index is 13.8. The Balaban J connectivity index is 2.11. The number of carbonyl (C=O) groups is 2. The number of amides is 2. The third kappa shape index (κ3) is 2.05. The Bertz CT molecular complexity index is 727. The van der Waals surface area contributed by atoms with Crippen LogP contribution in [0, 0.1) is 12.7 Å². The van der Waals surface area contributed by atoms with Crippen molar-refractivity contribution in [2.45, 2.75) is 25.7 Å². The van der Waals surface area contributed by atoms with Crippen LogP contribution < -0.4 is 5.32 Å². The average molecular weight is 272 g/mol. The van der Waals surface area contributed by atoms with E-state index in [0.29, 0.717) is 35.0 Å². The summed E-state index contributed by atoms with van der Waals surface area (Å²) in [7, 11) is 0. The van der Waals surface area contributed by atoms with Crippen LogP contribution in [0.3, 0.4) is 0 Å². The Morgan fingerprint density at radius 3 is 2.90 bits per heavy atom. The first kappa shape index (κ1) is 12.7. The van der Waals surface area contributed by atoms with Crippen molar-refractivity contribution < 1.29 is 14.0 Å². The topological polar surface area (TPSA) is 59.1 Å². The van der Waals surface area contributed by atoms with Gasteiger partial charge in [0, 0.05) is 17.5 Å². The van der Waals surface area contributed by atoms with Crippen LogP contribution in [0.2, 0.25) is 0 Å². The van der Waals surface area contributed by atoms with Gasteiger partial charge in [0.1, 0.15) is 5.82 Å². The summed E-state index contributed by atoms with van der Waals surface area (Å²) in [4.78, 5) is 27.5. The Labute approximate surface area is 115 Å². The number of fused-ring (bicyclic) bond motifs is 1. The van der Waals surface area contributed by atoms with Gasteiger partial charge in [0.05, 0.1) is 11.4 Å². The van der Waals surface area contributed by atoms with E-state index in [-0.39, 0.29) is 17.6 Å². The molecule has 1 aliphatic heterocycles. The fourth-order valence-electron chi connectivity index (χ4n) is 2.61. The summed E-state index contributed by atoms with van der Waals surface area (Å²) in [5, 5.41) is 2.72.